The molecule has 0 unspecified atom stereocenters. The Bertz CT molecular complexity index is 1230. The molecule has 4 aromatic rings. The number of anilines is 2. The second-order valence-electron chi connectivity index (χ2n) is 6.60. The minimum Gasteiger partial charge on any atom is -0.486 e. The molecule has 0 fully saturated rings. The van der Waals surface area contributed by atoms with Gasteiger partial charge in [-0.15, -0.1) is 22.6 Å². The van der Waals surface area contributed by atoms with Crippen LogP contribution in [0, 0.1) is 0 Å². The summed E-state index contributed by atoms with van der Waals surface area (Å²) in [5.41, 5.74) is 1.43. The molecule has 0 saturated heterocycles. The highest BCUT2D eigenvalue weighted by atomic mass is 35.5. The van der Waals surface area contributed by atoms with Crippen LogP contribution in [0.2, 0.25) is 5.02 Å². The Morgan fingerprint density at radius 3 is 2.30 bits per heavy atom. The molecular formula is C23H18Cl2N4O3S. The first-order valence-electron chi connectivity index (χ1n) is 9.55. The predicted octanol–water partition coefficient (Wildman–Crippen LogP) is 5.70. The van der Waals surface area contributed by atoms with E-state index in [1.807, 2.05) is 6.07 Å². The van der Waals surface area contributed by atoms with Gasteiger partial charge in [-0.05, 0) is 54.6 Å². The number of carbonyl (C=O) groups excluding carboxylic acids is 2. The van der Waals surface area contributed by atoms with Crippen LogP contribution in [0.25, 0.3) is 0 Å². The molecule has 10 heteroatoms. The lowest BCUT2D eigenvalue weighted by Gasteiger charge is -2.07. The Morgan fingerprint density at radius 2 is 1.55 bits per heavy atom. The summed E-state index contributed by atoms with van der Waals surface area (Å²) in [5, 5.41) is 15.1. The van der Waals surface area contributed by atoms with Crippen molar-refractivity contribution in [2.75, 3.05) is 10.6 Å². The van der Waals surface area contributed by atoms with E-state index in [1.165, 1.54) is 11.3 Å². The van der Waals surface area contributed by atoms with Crippen LogP contribution in [0.1, 0.15) is 25.7 Å². The number of benzene rings is 3. The van der Waals surface area contributed by atoms with E-state index in [0.717, 1.165) is 0 Å². The molecule has 3 aromatic carbocycles. The number of halogens is 2. The molecule has 0 atom stereocenters. The third kappa shape index (κ3) is 6.76. The van der Waals surface area contributed by atoms with E-state index >= 15 is 0 Å². The van der Waals surface area contributed by atoms with Gasteiger partial charge in [0.25, 0.3) is 11.8 Å². The molecule has 2 N–H and O–H groups in total. The zero-order valence-electron chi connectivity index (χ0n) is 17.0. The number of carbonyl (C=O) groups is 2. The molecule has 33 heavy (non-hydrogen) atoms. The molecule has 2 amide bonds. The smallest absolute Gasteiger partial charge is 0.257 e. The monoisotopic (exact) mass is 500 g/mol. The highest BCUT2D eigenvalue weighted by Crippen LogP contribution is 2.21. The second-order valence-corrected chi connectivity index (χ2v) is 8.10. The highest BCUT2D eigenvalue weighted by molar-refractivity contribution is 7.15. The van der Waals surface area contributed by atoms with Crippen molar-refractivity contribution < 1.29 is 14.3 Å². The van der Waals surface area contributed by atoms with Gasteiger partial charge < -0.3 is 10.1 Å². The summed E-state index contributed by atoms with van der Waals surface area (Å²) in [6, 6.07) is 22.5. The van der Waals surface area contributed by atoms with Crippen molar-refractivity contribution >= 4 is 58.0 Å². The number of rotatable bonds is 7. The Hall–Kier alpha value is -3.46. The molecule has 0 spiro atoms. The summed E-state index contributed by atoms with van der Waals surface area (Å²) in [4.78, 5) is 24.9. The van der Waals surface area contributed by atoms with Gasteiger partial charge in [0.1, 0.15) is 12.4 Å². The summed E-state index contributed by atoms with van der Waals surface area (Å²) in [6.07, 6.45) is 0. The van der Waals surface area contributed by atoms with Gasteiger partial charge in [-0.2, -0.15) is 0 Å². The normalized spacial score (nSPS) is 10.1. The van der Waals surface area contributed by atoms with E-state index in [9.17, 15) is 9.59 Å². The predicted molar refractivity (Wildman–Crippen MR) is 132 cm³/mol. The maximum Gasteiger partial charge on any atom is 0.257 e. The van der Waals surface area contributed by atoms with Gasteiger partial charge in [-0.25, -0.2) is 0 Å². The molecule has 7 nitrogen and oxygen atoms in total. The topological polar surface area (TPSA) is 93.2 Å². The lowest BCUT2D eigenvalue weighted by atomic mass is 10.1. The second kappa shape index (κ2) is 11.4. The van der Waals surface area contributed by atoms with Crippen LogP contribution >= 0.6 is 35.3 Å². The number of hydrogen-bond acceptors (Lipinski definition) is 6. The van der Waals surface area contributed by atoms with Crippen molar-refractivity contribution in [2.24, 2.45) is 0 Å². The fourth-order valence-electron chi connectivity index (χ4n) is 2.74. The van der Waals surface area contributed by atoms with Crippen LogP contribution in [0.4, 0.5) is 10.8 Å². The first kappa shape index (κ1) is 24.2. The van der Waals surface area contributed by atoms with Gasteiger partial charge in [-0.3, -0.25) is 14.9 Å². The number of amides is 2. The average Bonchev–Trinajstić information content (AvgIpc) is 3.26. The molecule has 0 aliphatic heterocycles. The van der Waals surface area contributed by atoms with E-state index in [-0.39, 0.29) is 30.8 Å². The summed E-state index contributed by atoms with van der Waals surface area (Å²) in [6.45, 7) is 0.218. The first-order chi connectivity index (χ1) is 15.6. The van der Waals surface area contributed by atoms with Gasteiger partial charge in [-0.1, -0.05) is 47.2 Å². The van der Waals surface area contributed by atoms with E-state index < -0.39 is 0 Å². The van der Waals surface area contributed by atoms with Crippen LogP contribution in [-0.2, 0) is 6.61 Å². The summed E-state index contributed by atoms with van der Waals surface area (Å²) in [5.74, 6) is 0.0456. The van der Waals surface area contributed by atoms with Crippen LogP contribution < -0.4 is 15.4 Å². The van der Waals surface area contributed by atoms with E-state index in [4.69, 9.17) is 16.3 Å². The molecule has 0 aliphatic carbocycles. The minimum absolute atomic E-state index is 0. The van der Waals surface area contributed by atoms with Crippen LogP contribution in [0.3, 0.4) is 0 Å². The lowest BCUT2D eigenvalue weighted by Crippen LogP contribution is -2.14. The fraction of sp³-hybridized carbons (Fsp3) is 0.0435. The largest absolute Gasteiger partial charge is 0.486 e. The maximum atomic E-state index is 12.6. The van der Waals surface area contributed by atoms with Crippen LogP contribution in [0.15, 0.2) is 78.9 Å². The quantitative estimate of drug-likeness (QED) is 0.339. The molecule has 0 saturated carbocycles. The molecule has 4 rings (SSSR count). The van der Waals surface area contributed by atoms with Crippen molar-refractivity contribution in [1.29, 1.82) is 0 Å². The Labute approximate surface area is 205 Å². The average molecular weight is 501 g/mol. The SMILES string of the molecule is Cl.O=C(Nc1cccc(C(=O)Nc2nnc(COc3ccc(Cl)cc3)s2)c1)c1ccccc1. The van der Waals surface area contributed by atoms with Crippen molar-refractivity contribution in [3.63, 3.8) is 0 Å². The summed E-state index contributed by atoms with van der Waals surface area (Å²) < 4.78 is 5.64. The first-order valence-corrected chi connectivity index (χ1v) is 10.7. The zero-order valence-corrected chi connectivity index (χ0v) is 19.4. The number of nitrogens with one attached hydrogen (secondary N) is 2. The Kier molecular flexibility index (Phi) is 8.37. The van der Waals surface area contributed by atoms with Crippen LogP contribution in [-0.4, -0.2) is 22.0 Å². The number of nitrogens with zero attached hydrogens (tertiary/aromatic N) is 2. The van der Waals surface area contributed by atoms with E-state index in [2.05, 4.69) is 20.8 Å². The summed E-state index contributed by atoms with van der Waals surface area (Å²) in [7, 11) is 0. The van der Waals surface area contributed by atoms with Crippen molar-refractivity contribution in [1.82, 2.24) is 10.2 Å². The van der Waals surface area contributed by atoms with Gasteiger partial charge in [0.15, 0.2) is 5.01 Å². The standard InChI is InChI=1S/C23H17ClN4O3S.ClH/c24-17-9-11-19(12-10-17)31-14-20-27-28-23(32-20)26-22(30)16-7-4-8-18(13-16)25-21(29)15-5-2-1-3-6-15;/h1-13H,14H2,(H,25,29)(H,26,28,30);1H. The molecular weight excluding hydrogens is 483 g/mol. The lowest BCUT2D eigenvalue weighted by molar-refractivity contribution is 0.101. The van der Waals surface area contributed by atoms with Gasteiger partial charge >= 0.3 is 0 Å². The van der Waals surface area contributed by atoms with Crippen molar-refractivity contribution in [3.8, 4) is 5.75 Å². The fourth-order valence-corrected chi connectivity index (χ4v) is 3.51. The molecule has 168 valence electrons. The third-order valence-electron chi connectivity index (χ3n) is 4.28. The van der Waals surface area contributed by atoms with Gasteiger partial charge in [0, 0.05) is 21.8 Å². The van der Waals surface area contributed by atoms with Gasteiger partial charge in [0.2, 0.25) is 5.13 Å². The summed E-state index contributed by atoms with van der Waals surface area (Å²) >= 11 is 7.07. The molecule has 0 aliphatic rings. The van der Waals surface area contributed by atoms with Crippen molar-refractivity contribution in [2.45, 2.75) is 6.61 Å². The van der Waals surface area contributed by atoms with Crippen LogP contribution in [0.5, 0.6) is 5.75 Å². The molecule has 1 heterocycles. The number of ether oxygens (including phenoxy) is 1. The minimum atomic E-state index is -0.359. The Morgan fingerprint density at radius 1 is 0.848 bits per heavy atom. The molecule has 0 bridgehead atoms. The third-order valence-corrected chi connectivity index (χ3v) is 5.35. The van der Waals surface area contributed by atoms with E-state index in [1.54, 1.807) is 72.8 Å². The molecule has 0 radical (unpaired) electrons. The highest BCUT2D eigenvalue weighted by Gasteiger charge is 2.12. The molecule has 1 aromatic heterocycles. The number of aromatic nitrogens is 2. The Balaban J connectivity index is 0.00000306. The van der Waals surface area contributed by atoms with E-state index in [0.29, 0.717) is 37.7 Å². The zero-order chi connectivity index (χ0) is 22.3. The maximum absolute atomic E-state index is 12.6. The van der Waals surface area contributed by atoms with Gasteiger partial charge in [0.05, 0.1) is 0 Å². The number of hydrogen-bond donors (Lipinski definition) is 2. The van der Waals surface area contributed by atoms with Crippen molar-refractivity contribution in [3.05, 3.63) is 100 Å².